The second-order valence-corrected chi connectivity index (χ2v) is 9.01. The number of anilines is 3. The van der Waals surface area contributed by atoms with Gasteiger partial charge in [-0.1, -0.05) is 23.3 Å². The number of carbonyl (C=O) groups is 2. The Bertz CT molecular complexity index is 1250. The van der Waals surface area contributed by atoms with Crippen molar-refractivity contribution in [1.82, 2.24) is 30.0 Å². The molecule has 2 aliphatic rings. The zero-order valence-electron chi connectivity index (χ0n) is 20.3. The summed E-state index contributed by atoms with van der Waals surface area (Å²) in [6.07, 6.45) is 0. The number of fused-ring (bicyclic) bond motifs is 1. The van der Waals surface area contributed by atoms with Gasteiger partial charge in [-0.15, -0.1) is 5.10 Å². The van der Waals surface area contributed by atoms with E-state index >= 15 is 0 Å². The maximum atomic E-state index is 13.2. The summed E-state index contributed by atoms with van der Waals surface area (Å²) in [6.45, 7) is 8.27. The van der Waals surface area contributed by atoms with Crippen LogP contribution in [0.3, 0.4) is 0 Å². The first-order chi connectivity index (χ1) is 16.8. The van der Waals surface area contributed by atoms with Gasteiger partial charge in [0.1, 0.15) is 11.5 Å². The third kappa shape index (κ3) is 4.17. The van der Waals surface area contributed by atoms with Crippen molar-refractivity contribution in [2.24, 2.45) is 0 Å². The van der Waals surface area contributed by atoms with E-state index < -0.39 is 0 Å². The molecule has 0 aliphatic carbocycles. The molecule has 1 aromatic carbocycles. The Balaban J connectivity index is 1.51. The normalized spacial score (nSPS) is 15.7. The molecular weight excluding hydrogens is 448 g/mol. The number of nitrogens with zero attached hydrogens (tertiary/aromatic N) is 8. The highest BCUT2D eigenvalue weighted by Gasteiger charge is 2.37. The van der Waals surface area contributed by atoms with Gasteiger partial charge in [0.2, 0.25) is 17.7 Å². The molecule has 1 fully saturated rings. The summed E-state index contributed by atoms with van der Waals surface area (Å²) in [6, 6.07) is 9.83. The molecule has 0 bridgehead atoms. The quantitative estimate of drug-likeness (QED) is 0.548. The fourth-order valence-corrected chi connectivity index (χ4v) is 4.36. The average molecular weight is 477 g/mol. The molecular formula is C24H28N8O3. The van der Waals surface area contributed by atoms with Gasteiger partial charge >= 0.3 is 6.01 Å². The van der Waals surface area contributed by atoms with Gasteiger partial charge in [0.25, 0.3) is 5.91 Å². The Kier molecular flexibility index (Phi) is 5.83. The van der Waals surface area contributed by atoms with E-state index in [1.807, 2.05) is 49.1 Å². The largest absolute Gasteiger partial charge is 0.403 e. The van der Waals surface area contributed by atoms with Crippen molar-refractivity contribution in [1.29, 1.82) is 0 Å². The minimum absolute atomic E-state index is 0.0190. The number of hydrogen-bond acceptors (Lipinski definition) is 9. The lowest BCUT2D eigenvalue weighted by atomic mass is 10.2. The van der Waals surface area contributed by atoms with Gasteiger partial charge in [0, 0.05) is 57.3 Å². The Labute approximate surface area is 203 Å². The summed E-state index contributed by atoms with van der Waals surface area (Å²) in [5, 5.41) is 8.43. The molecule has 0 unspecified atom stereocenters. The smallest absolute Gasteiger partial charge is 0.323 e. The number of benzene rings is 1. The summed E-state index contributed by atoms with van der Waals surface area (Å²) >= 11 is 0. The van der Waals surface area contributed by atoms with Crippen LogP contribution in [0.5, 0.6) is 0 Å². The average Bonchev–Trinajstić information content (AvgIpc) is 3.49. The Morgan fingerprint density at radius 3 is 2.43 bits per heavy atom. The molecule has 11 heteroatoms. The van der Waals surface area contributed by atoms with Gasteiger partial charge < -0.3 is 19.1 Å². The van der Waals surface area contributed by atoms with Crippen molar-refractivity contribution in [3.05, 3.63) is 41.6 Å². The highest BCUT2D eigenvalue weighted by atomic mass is 16.4. The fraction of sp³-hybridized carbons (Fsp3) is 0.417. The van der Waals surface area contributed by atoms with E-state index in [1.54, 1.807) is 28.7 Å². The van der Waals surface area contributed by atoms with Gasteiger partial charge in [0.15, 0.2) is 0 Å². The molecule has 0 radical (unpaired) electrons. The van der Waals surface area contributed by atoms with Crippen molar-refractivity contribution < 1.29 is 14.0 Å². The number of amides is 2. The zero-order chi connectivity index (χ0) is 24.7. The van der Waals surface area contributed by atoms with Gasteiger partial charge in [0.05, 0.1) is 6.54 Å². The number of rotatable bonds is 5. The molecule has 0 atom stereocenters. The summed E-state index contributed by atoms with van der Waals surface area (Å²) in [5.74, 6) is 1.34. The fourth-order valence-electron chi connectivity index (χ4n) is 4.36. The summed E-state index contributed by atoms with van der Waals surface area (Å²) in [7, 11) is 1.80. The van der Waals surface area contributed by atoms with Crippen molar-refractivity contribution in [2.45, 2.75) is 33.4 Å². The molecule has 4 heterocycles. The Morgan fingerprint density at radius 2 is 1.77 bits per heavy atom. The third-order valence-electron chi connectivity index (χ3n) is 6.44. The minimum atomic E-state index is -0.119. The second-order valence-electron chi connectivity index (χ2n) is 9.01. The predicted octanol–water partition coefficient (Wildman–Crippen LogP) is 2.33. The van der Waals surface area contributed by atoms with Crippen LogP contribution < -0.4 is 9.80 Å². The third-order valence-corrected chi connectivity index (χ3v) is 6.44. The van der Waals surface area contributed by atoms with Gasteiger partial charge in [-0.3, -0.25) is 14.5 Å². The van der Waals surface area contributed by atoms with Crippen molar-refractivity contribution in [3.8, 4) is 11.5 Å². The topological polar surface area (TPSA) is 112 Å². The first-order valence-corrected chi connectivity index (χ1v) is 11.7. The lowest BCUT2D eigenvalue weighted by Gasteiger charge is -2.34. The number of piperazine rings is 1. The van der Waals surface area contributed by atoms with Crippen LogP contribution >= 0.6 is 0 Å². The van der Waals surface area contributed by atoms with Crippen LogP contribution in [0.4, 0.5) is 17.8 Å². The molecule has 3 aromatic rings. The van der Waals surface area contributed by atoms with E-state index in [4.69, 9.17) is 9.40 Å². The SMILES string of the molecule is CC(=O)N1CCN(c2nc3c(c(N(C)c4nnc(-c5ccccc5)o4)n2)CN(C(C)C)C3=O)CC1. The molecule has 5 rings (SSSR count). The van der Waals surface area contributed by atoms with Crippen molar-refractivity contribution in [2.75, 3.05) is 43.0 Å². The van der Waals surface area contributed by atoms with E-state index in [9.17, 15) is 9.59 Å². The number of aromatic nitrogens is 4. The molecule has 0 spiro atoms. The van der Waals surface area contributed by atoms with Crippen LogP contribution in [0.1, 0.15) is 36.8 Å². The minimum Gasteiger partial charge on any atom is -0.403 e. The first kappa shape index (κ1) is 22.8. The highest BCUT2D eigenvalue weighted by Crippen LogP contribution is 2.35. The van der Waals surface area contributed by atoms with Crippen molar-refractivity contribution in [3.63, 3.8) is 0 Å². The summed E-state index contributed by atoms with van der Waals surface area (Å²) < 4.78 is 5.96. The van der Waals surface area contributed by atoms with Crippen LogP contribution in [-0.2, 0) is 11.3 Å². The van der Waals surface area contributed by atoms with E-state index in [1.165, 1.54) is 0 Å². The second kappa shape index (κ2) is 8.97. The Morgan fingerprint density at radius 1 is 1.06 bits per heavy atom. The van der Waals surface area contributed by atoms with Gasteiger partial charge in [-0.25, -0.2) is 4.98 Å². The molecule has 2 amide bonds. The van der Waals surface area contributed by atoms with Crippen LogP contribution in [0, 0.1) is 0 Å². The maximum Gasteiger partial charge on any atom is 0.323 e. The first-order valence-electron chi connectivity index (χ1n) is 11.7. The lowest BCUT2D eigenvalue weighted by Crippen LogP contribution is -2.48. The molecule has 0 saturated carbocycles. The van der Waals surface area contributed by atoms with Gasteiger partial charge in [-0.2, -0.15) is 4.98 Å². The number of hydrogen-bond donors (Lipinski definition) is 0. The van der Waals surface area contributed by atoms with Gasteiger partial charge in [-0.05, 0) is 26.0 Å². The van der Waals surface area contributed by atoms with Crippen LogP contribution in [0.25, 0.3) is 11.5 Å². The van der Waals surface area contributed by atoms with Crippen LogP contribution in [0.15, 0.2) is 34.7 Å². The summed E-state index contributed by atoms with van der Waals surface area (Å²) in [5.41, 5.74) is 1.94. The van der Waals surface area contributed by atoms with E-state index in [-0.39, 0.29) is 23.9 Å². The molecule has 35 heavy (non-hydrogen) atoms. The molecule has 0 N–H and O–H groups in total. The van der Waals surface area contributed by atoms with E-state index in [0.29, 0.717) is 56.1 Å². The highest BCUT2D eigenvalue weighted by molar-refractivity contribution is 5.98. The standard InChI is InChI=1S/C24H28N8O3/c1-15(2)32-14-18-19(22(32)34)25-23(31-12-10-30(11-13-31)16(3)33)26-20(18)29(4)24-28-27-21(35-24)17-8-6-5-7-9-17/h5-9,15H,10-14H2,1-4H3. The molecule has 2 aromatic heterocycles. The molecule has 11 nitrogen and oxygen atoms in total. The van der Waals surface area contributed by atoms with Crippen molar-refractivity contribution >= 4 is 29.6 Å². The van der Waals surface area contributed by atoms with Crippen LogP contribution in [-0.4, -0.2) is 81.0 Å². The lowest BCUT2D eigenvalue weighted by molar-refractivity contribution is -0.129. The summed E-state index contributed by atoms with van der Waals surface area (Å²) in [4.78, 5) is 41.8. The molecule has 182 valence electrons. The Hall–Kier alpha value is -4.02. The monoisotopic (exact) mass is 476 g/mol. The molecule has 2 aliphatic heterocycles. The predicted molar refractivity (Wildman–Crippen MR) is 129 cm³/mol. The zero-order valence-corrected chi connectivity index (χ0v) is 20.3. The maximum absolute atomic E-state index is 13.2. The van der Waals surface area contributed by atoms with Crippen LogP contribution in [0.2, 0.25) is 0 Å². The van der Waals surface area contributed by atoms with E-state index in [0.717, 1.165) is 11.1 Å². The van der Waals surface area contributed by atoms with E-state index in [2.05, 4.69) is 15.2 Å². The molecule has 1 saturated heterocycles. The number of carbonyl (C=O) groups excluding carboxylic acids is 2.